The van der Waals surface area contributed by atoms with Crippen molar-refractivity contribution in [2.75, 3.05) is 24.1 Å². The fourth-order valence-electron chi connectivity index (χ4n) is 4.50. The van der Waals surface area contributed by atoms with Crippen LogP contribution in [-0.4, -0.2) is 33.6 Å². The lowest BCUT2D eigenvalue weighted by Gasteiger charge is -2.54. The number of rotatable bonds is 2. The van der Waals surface area contributed by atoms with Crippen LogP contribution in [-0.2, 0) is 0 Å². The van der Waals surface area contributed by atoms with Gasteiger partial charge in [-0.1, -0.05) is 27.0 Å². The summed E-state index contributed by atoms with van der Waals surface area (Å²) in [6.07, 6.45) is 4.62. The maximum atomic E-state index is 5.96. The van der Waals surface area contributed by atoms with Crippen LogP contribution in [0.15, 0.2) is 53.9 Å². The lowest BCUT2D eigenvalue weighted by molar-refractivity contribution is 0.00501. The van der Waals surface area contributed by atoms with Crippen LogP contribution >= 0.6 is 0 Å². The zero-order valence-electron chi connectivity index (χ0n) is 17.1. The van der Waals surface area contributed by atoms with E-state index in [1.165, 1.54) is 6.33 Å². The lowest BCUT2D eigenvalue weighted by Crippen LogP contribution is -2.69. The van der Waals surface area contributed by atoms with Crippen LogP contribution in [0.2, 0.25) is 0 Å². The van der Waals surface area contributed by atoms with Crippen molar-refractivity contribution in [1.82, 2.24) is 25.5 Å². The molecule has 148 valence electrons. The molecule has 0 aliphatic carbocycles. The highest BCUT2D eigenvalue weighted by Crippen LogP contribution is 2.51. The Labute approximate surface area is 166 Å². The van der Waals surface area contributed by atoms with Gasteiger partial charge in [0.1, 0.15) is 23.6 Å². The number of nitrogen functional groups attached to an aromatic ring is 1. The second-order valence-electron chi connectivity index (χ2n) is 8.50. The van der Waals surface area contributed by atoms with E-state index in [0.717, 1.165) is 53.4 Å². The monoisotopic (exact) mass is 379 g/mol. The van der Waals surface area contributed by atoms with E-state index in [0.29, 0.717) is 11.6 Å². The van der Waals surface area contributed by atoms with E-state index in [2.05, 4.69) is 70.8 Å². The van der Waals surface area contributed by atoms with Crippen molar-refractivity contribution in [3.05, 3.63) is 59.5 Å². The second-order valence-corrected chi connectivity index (χ2v) is 8.50. The van der Waals surface area contributed by atoms with E-state index in [1.54, 1.807) is 0 Å². The molecule has 0 amide bonds. The third-order valence-electron chi connectivity index (χ3n) is 6.37. The Hall–Kier alpha value is -2.80. The number of nitrogens with zero attached hydrogens (tertiary/aromatic N) is 3. The zero-order valence-corrected chi connectivity index (χ0v) is 17.1. The minimum absolute atomic E-state index is 0.0177. The van der Waals surface area contributed by atoms with E-state index in [9.17, 15) is 0 Å². The van der Waals surface area contributed by atoms with Gasteiger partial charge < -0.3 is 26.6 Å². The first-order valence-corrected chi connectivity index (χ1v) is 9.62. The highest BCUT2D eigenvalue weighted by atomic mass is 15.4. The minimum Gasteiger partial charge on any atom is -0.383 e. The summed E-state index contributed by atoms with van der Waals surface area (Å²) in [5, 5.41) is 10.7. The smallest absolute Gasteiger partial charge is 0.138 e. The largest absolute Gasteiger partial charge is 0.383 e. The summed E-state index contributed by atoms with van der Waals surface area (Å²) in [7, 11) is 0. The minimum atomic E-state index is -0.322. The Morgan fingerprint density at radius 1 is 1.25 bits per heavy atom. The van der Waals surface area contributed by atoms with Gasteiger partial charge in [-0.3, -0.25) is 0 Å². The van der Waals surface area contributed by atoms with E-state index < -0.39 is 0 Å². The fourth-order valence-corrected chi connectivity index (χ4v) is 4.50. The normalized spacial score (nSPS) is 26.3. The van der Waals surface area contributed by atoms with Gasteiger partial charge in [-0.05, 0) is 38.5 Å². The van der Waals surface area contributed by atoms with Gasteiger partial charge in [-0.25, -0.2) is 9.97 Å². The Bertz CT molecular complexity index is 940. The summed E-state index contributed by atoms with van der Waals surface area (Å²) >= 11 is 0. The molecule has 5 N–H and O–H groups in total. The molecule has 1 spiro atoms. The van der Waals surface area contributed by atoms with Crippen LogP contribution in [0.1, 0.15) is 32.8 Å². The number of hydrogen-bond donors (Lipinski definition) is 4. The Kier molecular flexibility index (Phi) is 4.04. The topological polar surface area (TPSA) is 91.1 Å². The molecule has 2 fully saturated rings. The summed E-state index contributed by atoms with van der Waals surface area (Å²) in [6, 6.07) is 0. The first kappa shape index (κ1) is 18.6. The number of hydrogen-bond acceptors (Lipinski definition) is 7. The Morgan fingerprint density at radius 2 is 2.00 bits per heavy atom. The first-order chi connectivity index (χ1) is 13.2. The molecule has 4 heterocycles. The van der Waals surface area contributed by atoms with Crippen molar-refractivity contribution >= 4 is 11.6 Å². The van der Waals surface area contributed by atoms with Crippen molar-refractivity contribution < 1.29 is 0 Å². The molecule has 0 radical (unpaired) electrons. The molecule has 7 heteroatoms. The van der Waals surface area contributed by atoms with Gasteiger partial charge in [0.05, 0.1) is 22.8 Å². The summed E-state index contributed by atoms with van der Waals surface area (Å²) in [6.45, 7) is 19.2. The molecule has 3 aliphatic rings. The molecule has 1 aromatic rings. The van der Waals surface area contributed by atoms with Gasteiger partial charge in [0, 0.05) is 17.5 Å². The van der Waals surface area contributed by atoms with Crippen molar-refractivity contribution in [3.8, 4) is 0 Å². The molecule has 28 heavy (non-hydrogen) atoms. The summed E-state index contributed by atoms with van der Waals surface area (Å²) in [5.41, 5.74) is 11.4. The predicted octanol–water partition coefficient (Wildman–Crippen LogP) is 2.60. The third kappa shape index (κ3) is 2.46. The maximum Gasteiger partial charge on any atom is 0.138 e. The number of anilines is 2. The van der Waals surface area contributed by atoms with Gasteiger partial charge in [-0.2, -0.15) is 0 Å². The van der Waals surface area contributed by atoms with Gasteiger partial charge in [0.2, 0.25) is 0 Å². The number of nitrogens with one attached hydrogen (secondary N) is 3. The van der Waals surface area contributed by atoms with E-state index >= 15 is 0 Å². The Morgan fingerprint density at radius 3 is 2.71 bits per heavy atom. The molecular formula is C21H29N7. The van der Waals surface area contributed by atoms with Crippen molar-refractivity contribution in [1.29, 1.82) is 0 Å². The predicted molar refractivity (Wildman–Crippen MR) is 113 cm³/mol. The van der Waals surface area contributed by atoms with Crippen LogP contribution in [0.5, 0.6) is 0 Å². The van der Waals surface area contributed by atoms with Crippen LogP contribution in [0.25, 0.3) is 0 Å². The molecular weight excluding hydrogens is 350 g/mol. The Balaban J connectivity index is 1.78. The molecule has 0 aromatic carbocycles. The zero-order chi connectivity index (χ0) is 20.3. The average Bonchev–Trinajstić information content (AvgIpc) is 2.93. The van der Waals surface area contributed by atoms with Gasteiger partial charge in [-0.15, -0.1) is 0 Å². The number of nitrogens with two attached hydrogens (primary N) is 1. The van der Waals surface area contributed by atoms with E-state index in [-0.39, 0.29) is 11.1 Å². The SMILES string of the molecule is C=C1NC2(CNCCC2(C)C)N2C(=C)C(Nc3ncnc(N)c3C)=CC(C)=C12. The molecule has 4 rings (SSSR count). The van der Waals surface area contributed by atoms with Crippen molar-refractivity contribution in [2.24, 2.45) is 5.41 Å². The van der Waals surface area contributed by atoms with Crippen LogP contribution in [0, 0.1) is 12.3 Å². The van der Waals surface area contributed by atoms with Crippen molar-refractivity contribution in [2.45, 2.75) is 39.8 Å². The standard InChI is InChI=1S/C21H29N7/c1-12-9-16(26-19-13(2)18(22)24-11-25-19)15(4)28-17(12)14(3)27-21(28)10-23-8-7-20(21,5)6/h9,11,23,27H,3-4,7-8,10H2,1-2,5-6H3,(H3,22,24,25,26). The highest BCUT2D eigenvalue weighted by molar-refractivity contribution is 5.63. The quantitative estimate of drug-likeness (QED) is 0.628. The molecule has 0 bridgehead atoms. The number of allylic oxidation sites excluding steroid dienone is 2. The van der Waals surface area contributed by atoms with Crippen LogP contribution in [0.4, 0.5) is 11.6 Å². The maximum absolute atomic E-state index is 5.96. The van der Waals surface area contributed by atoms with Crippen LogP contribution in [0.3, 0.4) is 0 Å². The van der Waals surface area contributed by atoms with Gasteiger partial charge in [0.25, 0.3) is 0 Å². The van der Waals surface area contributed by atoms with E-state index in [4.69, 9.17) is 5.73 Å². The molecule has 1 aromatic heterocycles. The van der Waals surface area contributed by atoms with E-state index in [1.807, 2.05) is 6.92 Å². The number of fused-ring (bicyclic) bond motifs is 2. The summed E-state index contributed by atoms with van der Waals surface area (Å²) < 4.78 is 0. The lowest BCUT2D eigenvalue weighted by atomic mass is 9.72. The molecule has 1 atom stereocenters. The fraction of sp³-hybridized carbons (Fsp3) is 0.429. The molecule has 2 saturated heterocycles. The molecule has 1 unspecified atom stereocenters. The third-order valence-corrected chi connectivity index (χ3v) is 6.37. The highest BCUT2D eigenvalue weighted by Gasteiger charge is 2.57. The summed E-state index contributed by atoms with van der Waals surface area (Å²) in [5.74, 6) is 1.16. The summed E-state index contributed by atoms with van der Waals surface area (Å²) in [4.78, 5) is 10.7. The van der Waals surface area contributed by atoms with Gasteiger partial charge >= 0.3 is 0 Å². The number of aromatic nitrogens is 2. The molecule has 3 aliphatic heterocycles. The average molecular weight is 380 g/mol. The number of piperidine rings is 1. The van der Waals surface area contributed by atoms with Crippen molar-refractivity contribution in [3.63, 3.8) is 0 Å². The van der Waals surface area contributed by atoms with Gasteiger partial charge in [0.15, 0.2) is 0 Å². The van der Waals surface area contributed by atoms with Crippen LogP contribution < -0.4 is 21.7 Å². The molecule has 0 saturated carbocycles. The molecule has 7 nitrogen and oxygen atoms in total. The first-order valence-electron chi connectivity index (χ1n) is 9.62. The second kappa shape index (κ2) is 6.10.